The summed E-state index contributed by atoms with van der Waals surface area (Å²) in [4.78, 5) is 34.7. The van der Waals surface area contributed by atoms with E-state index in [0.29, 0.717) is 37.0 Å². The van der Waals surface area contributed by atoms with Crippen LogP contribution in [0.15, 0.2) is 30.5 Å². The fraction of sp³-hybridized carbons (Fsp3) is 0.593. The molecule has 2 amide bonds. The van der Waals surface area contributed by atoms with Gasteiger partial charge in [0.15, 0.2) is 0 Å². The second-order valence-corrected chi connectivity index (χ2v) is 11.0. The van der Waals surface area contributed by atoms with E-state index in [9.17, 15) is 14.7 Å². The first-order chi connectivity index (χ1) is 17.5. The van der Waals surface area contributed by atoms with E-state index in [-0.39, 0.29) is 24.3 Å². The lowest BCUT2D eigenvalue weighted by Gasteiger charge is -2.30. The van der Waals surface area contributed by atoms with Gasteiger partial charge in [-0.2, -0.15) is 0 Å². The Hall–Kier alpha value is -2.75. The number of aryl methyl sites for hydroxylation is 1. The number of nitrogens with zero attached hydrogens (tertiary/aromatic N) is 4. The number of aromatic nitrogens is 2. The molecule has 36 heavy (non-hydrogen) atoms. The first kappa shape index (κ1) is 23.6. The van der Waals surface area contributed by atoms with Crippen LogP contribution in [-0.4, -0.2) is 88.2 Å². The minimum Gasteiger partial charge on any atom is -0.390 e. The normalized spacial score (nSPS) is 26.2. The number of hydrogen-bond acceptors (Lipinski definition) is 6. The molecule has 1 aromatic heterocycles. The van der Waals surface area contributed by atoms with Gasteiger partial charge in [-0.15, -0.1) is 0 Å². The highest BCUT2D eigenvalue weighted by Crippen LogP contribution is 2.30. The molecule has 0 saturated carbocycles. The lowest BCUT2D eigenvalue weighted by Crippen LogP contribution is -2.42. The molecule has 4 atom stereocenters. The van der Waals surface area contributed by atoms with E-state index in [1.54, 1.807) is 6.20 Å². The number of aliphatic hydroxyl groups excluding tert-OH is 1. The van der Waals surface area contributed by atoms with Crippen molar-refractivity contribution >= 4 is 11.8 Å². The van der Waals surface area contributed by atoms with Crippen molar-refractivity contribution in [3.8, 4) is 0 Å². The number of likely N-dealkylation sites (tertiary alicyclic amines) is 1. The monoisotopic (exact) mass is 492 g/mol. The summed E-state index contributed by atoms with van der Waals surface area (Å²) in [5.41, 5.74) is 3.05. The lowest BCUT2D eigenvalue weighted by atomic mass is 9.98. The molecule has 0 radical (unpaired) electrons. The minimum absolute atomic E-state index is 0.0501. The van der Waals surface area contributed by atoms with Gasteiger partial charge in [-0.05, 0) is 35.8 Å². The molecule has 1 aromatic carbocycles. The maximum Gasteiger partial charge on any atom is 0.271 e. The van der Waals surface area contributed by atoms with E-state index in [2.05, 4.69) is 49.7 Å². The summed E-state index contributed by atoms with van der Waals surface area (Å²) in [5, 5.41) is 16.8. The van der Waals surface area contributed by atoms with Gasteiger partial charge in [-0.3, -0.25) is 14.5 Å². The Kier molecular flexibility index (Phi) is 6.54. The van der Waals surface area contributed by atoms with Crippen molar-refractivity contribution in [1.82, 2.24) is 30.0 Å². The number of hydrogen-bond donors (Lipinski definition) is 3. The number of carbonyl (C=O) groups is 2. The van der Waals surface area contributed by atoms with E-state index in [4.69, 9.17) is 0 Å². The second kappa shape index (κ2) is 9.95. The van der Waals surface area contributed by atoms with Crippen LogP contribution in [0.1, 0.15) is 33.9 Å². The van der Waals surface area contributed by atoms with Gasteiger partial charge >= 0.3 is 0 Å². The molecular formula is C27H36N6O3. The van der Waals surface area contributed by atoms with Gasteiger partial charge in [0.2, 0.25) is 5.91 Å². The van der Waals surface area contributed by atoms with Crippen molar-refractivity contribution in [1.29, 1.82) is 0 Å². The van der Waals surface area contributed by atoms with Crippen molar-refractivity contribution in [3.63, 3.8) is 0 Å². The number of carbonyl (C=O) groups excluding carboxylic acids is 2. The van der Waals surface area contributed by atoms with E-state index in [1.807, 2.05) is 4.57 Å². The highest BCUT2D eigenvalue weighted by atomic mass is 16.3. The summed E-state index contributed by atoms with van der Waals surface area (Å²) in [7, 11) is 0. The molecule has 4 aliphatic heterocycles. The molecule has 2 fully saturated rings. The highest BCUT2D eigenvalue weighted by Gasteiger charge is 2.40. The zero-order chi connectivity index (χ0) is 24.6. The number of fused-ring (bicyclic) bond motifs is 3. The van der Waals surface area contributed by atoms with Gasteiger partial charge < -0.3 is 25.2 Å². The molecule has 3 unspecified atom stereocenters. The number of nitrogens with one attached hydrogen (secondary N) is 2. The van der Waals surface area contributed by atoms with Crippen LogP contribution < -0.4 is 10.6 Å². The van der Waals surface area contributed by atoms with Gasteiger partial charge in [-0.25, -0.2) is 4.98 Å². The summed E-state index contributed by atoms with van der Waals surface area (Å²) < 4.78 is 1.97. The van der Waals surface area contributed by atoms with Gasteiger partial charge in [0.25, 0.3) is 5.91 Å². The first-order valence-electron chi connectivity index (χ1n) is 13.3. The van der Waals surface area contributed by atoms with Gasteiger partial charge in [0.1, 0.15) is 11.5 Å². The van der Waals surface area contributed by atoms with E-state index in [1.165, 1.54) is 11.1 Å². The summed E-state index contributed by atoms with van der Waals surface area (Å²) in [6.07, 6.45) is 3.58. The molecular weight excluding hydrogens is 456 g/mol. The fourth-order valence-corrected chi connectivity index (χ4v) is 6.42. The third kappa shape index (κ3) is 4.79. The Morgan fingerprint density at radius 2 is 1.89 bits per heavy atom. The molecule has 2 saturated heterocycles. The lowest BCUT2D eigenvalue weighted by molar-refractivity contribution is -0.135. The summed E-state index contributed by atoms with van der Waals surface area (Å²) >= 11 is 0. The number of rotatable bonds is 6. The molecule has 2 aromatic rings. The van der Waals surface area contributed by atoms with Crippen LogP contribution in [0, 0.1) is 17.8 Å². The molecule has 9 heteroatoms. The average molecular weight is 493 g/mol. The Balaban J connectivity index is 0.991. The van der Waals surface area contributed by atoms with Crippen LogP contribution in [0.4, 0.5) is 0 Å². The van der Waals surface area contributed by atoms with Gasteiger partial charge in [-0.1, -0.05) is 24.3 Å². The zero-order valence-electron chi connectivity index (χ0n) is 20.7. The maximum absolute atomic E-state index is 13.2. The number of imidazole rings is 1. The molecule has 0 bridgehead atoms. The average Bonchev–Trinajstić information content (AvgIpc) is 3.61. The molecule has 3 N–H and O–H groups in total. The Labute approximate surface area is 211 Å². The second-order valence-electron chi connectivity index (χ2n) is 11.0. The summed E-state index contributed by atoms with van der Waals surface area (Å²) in [5.74, 6) is 1.97. The standard InChI is InChI=1S/C27H36N6O3/c34-23(16-31-8-7-18-3-1-2-4-19(18)12-31)11-29-26(35)24-17-32-13-20(5-6-25(32)30-24)27(36)33-14-21-9-28-10-22(21)15-33/h1-4,17,20-23,28,34H,5-16H2,(H,29,35)/t20?,21?,22?,23-/m1/s1. The Morgan fingerprint density at radius 1 is 1.11 bits per heavy atom. The number of amides is 2. The largest absolute Gasteiger partial charge is 0.390 e. The fourth-order valence-electron chi connectivity index (χ4n) is 6.42. The minimum atomic E-state index is -0.645. The van der Waals surface area contributed by atoms with Crippen LogP contribution in [0.3, 0.4) is 0 Å². The molecule has 0 spiro atoms. The predicted octanol–water partition coefficient (Wildman–Crippen LogP) is 0.272. The van der Waals surface area contributed by atoms with Crippen LogP contribution in [-0.2, 0) is 30.7 Å². The van der Waals surface area contributed by atoms with Crippen molar-refractivity contribution < 1.29 is 14.7 Å². The molecule has 9 nitrogen and oxygen atoms in total. The molecule has 192 valence electrons. The summed E-state index contributed by atoms with van der Waals surface area (Å²) in [6.45, 7) is 6.79. The number of benzene rings is 1. The van der Waals surface area contributed by atoms with E-state index < -0.39 is 6.10 Å². The van der Waals surface area contributed by atoms with Gasteiger partial charge in [0.05, 0.1) is 12.0 Å². The molecule has 6 rings (SSSR count). The topological polar surface area (TPSA) is 103 Å². The number of aliphatic hydroxyl groups is 1. The molecule has 4 aliphatic rings. The van der Waals surface area contributed by atoms with Crippen molar-refractivity contribution in [3.05, 3.63) is 53.1 Å². The number of β-amino-alcohol motifs (C(OH)–C–C–N with tert-alkyl or cyclic N) is 1. The van der Waals surface area contributed by atoms with Crippen molar-refractivity contribution in [2.75, 3.05) is 45.8 Å². The van der Waals surface area contributed by atoms with Gasteiger partial charge in [0, 0.05) is 71.5 Å². The van der Waals surface area contributed by atoms with Crippen LogP contribution in [0.5, 0.6) is 0 Å². The zero-order valence-corrected chi connectivity index (χ0v) is 20.7. The van der Waals surface area contributed by atoms with Crippen LogP contribution >= 0.6 is 0 Å². The summed E-state index contributed by atoms with van der Waals surface area (Å²) in [6, 6.07) is 8.43. The third-order valence-electron chi connectivity index (χ3n) is 8.45. The maximum atomic E-state index is 13.2. The Morgan fingerprint density at radius 3 is 2.69 bits per heavy atom. The SMILES string of the molecule is O=C(NC[C@@H](O)CN1CCc2ccccc2C1)c1cn2c(n1)CCC(C(=O)N1CC3CNCC3C1)C2. The predicted molar refractivity (Wildman–Crippen MR) is 134 cm³/mol. The van der Waals surface area contributed by atoms with Crippen molar-refractivity contribution in [2.24, 2.45) is 17.8 Å². The molecule has 5 heterocycles. The van der Waals surface area contributed by atoms with Crippen LogP contribution in [0.25, 0.3) is 0 Å². The molecule has 0 aliphatic carbocycles. The third-order valence-corrected chi connectivity index (χ3v) is 8.45. The van der Waals surface area contributed by atoms with Crippen molar-refractivity contribution in [2.45, 2.75) is 38.5 Å². The smallest absolute Gasteiger partial charge is 0.271 e. The van der Waals surface area contributed by atoms with E-state index in [0.717, 1.165) is 57.9 Å². The highest BCUT2D eigenvalue weighted by molar-refractivity contribution is 5.92. The Bertz CT molecular complexity index is 1120. The van der Waals surface area contributed by atoms with E-state index >= 15 is 0 Å². The van der Waals surface area contributed by atoms with Crippen LogP contribution in [0.2, 0.25) is 0 Å². The quantitative estimate of drug-likeness (QED) is 0.535. The first-order valence-corrected chi connectivity index (χ1v) is 13.3.